The maximum atomic E-state index is 3.50. The average molecular weight is 212 g/mol. The third-order valence-corrected chi connectivity index (χ3v) is 3.67. The molecule has 0 aromatic carbocycles. The zero-order valence-corrected chi connectivity index (χ0v) is 11.1. The fraction of sp³-hybridized carbons (Fsp3) is 1.00. The summed E-state index contributed by atoms with van der Waals surface area (Å²) in [6, 6.07) is 1.37. The van der Waals surface area contributed by atoms with E-state index >= 15 is 0 Å². The van der Waals surface area contributed by atoms with Gasteiger partial charge >= 0.3 is 0 Å². The molecule has 1 fully saturated rings. The first-order chi connectivity index (χ1) is 7.00. The third-order valence-electron chi connectivity index (χ3n) is 3.67. The molecule has 0 radical (unpaired) electrons. The van der Waals surface area contributed by atoms with Crippen LogP contribution in [-0.4, -0.2) is 36.6 Å². The molecule has 1 aliphatic rings. The SMILES string of the molecule is CC1CC(C)C(C)N(CCNC(C)C)C1. The smallest absolute Gasteiger partial charge is 0.0110 e. The van der Waals surface area contributed by atoms with Gasteiger partial charge in [-0.1, -0.05) is 27.7 Å². The van der Waals surface area contributed by atoms with Gasteiger partial charge in [-0.25, -0.2) is 0 Å². The van der Waals surface area contributed by atoms with E-state index < -0.39 is 0 Å². The minimum Gasteiger partial charge on any atom is -0.313 e. The number of piperidine rings is 1. The van der Waals surface area contributed by atoms with Crippen LogP contribution in [0.2, 0.25) is 0 Å². The second-order valence-corrected chi connectivity index (χ2v) is 5.66. The fourth-order valence-electron chi connectivity index (χ4n) is 2.62. The first-order valence-electron chi connectivity index (χ1n) is 6.48. The standard InChI is InChI=1S/C13H28N2/c1-10(2)14-6-7-15-9-11(3)8-12(4)13(15)5/h10-14H,6-9H2,1-5H3. The molecule has 0 aromatic heterocycles. The van der Waals surface area contributed by atoms with Gasteiger partial charge in [-0.2, -0.15) is 0 Å². The molecular weight excluding hydrogens is 184 g/mol. The van der Waals surface area contributed by atoms with E-state index in [9.17, 15) is 0 Å². The van der Waals surface area contributed by atoms with Crippen LogP contribution in [0.15, 0.2) is 0 Å². The molecule has 1 rings (SSSR count). The summed E-state index contributed by atoms with van der Waals surface area (Å²) in [6.45, 7) is 15.2. The molecular formula is C13H28N2. The largest absolute Gasteiger partial charge is 0.313 e. The molecule has 15 heavy (non-hydrogen) atoms. The Morgan fingerprint density at radius 1 is 1.27 bits per heavy atom. The van der Waals surface area contributed by atoms with Crippen LogP contribution in [0.3, 0.4) is 0 Å². The highest BCUT2D eigenvalue weighted by Crippen LogP contribution is 2.26. The zero-order chi connectivity index (χ0) is 11.4. The second-order valence-electron chi connectivity index (χ2n) is 5.66. The Balaban J connectivity index is 2.32. The van der Waals surface area contributed by atoms with Crippen LogP contribution in [0.4, 0.5) is 0 Å². The van der Waals surface area contributed by atoms with Crippen molar-refractivity contribution in [1.82, 2.24) is 10.2 Å². The minimum atomic E-state index is 0.611. The number of hydrogen-bond acceptors (Lipinski definition) is 2. The van der Waals surface area contributed by atoms with Crippen LogP contribution in [0.1, 0.15) is 41.0 Å². The van der Waals surface area contributed by atoms with E-state index in [1.165, 1.54) is 19.5 Å². The highest BCUT2D eigenvalue weighted by Gasteiger charge is 2.27. The van der Waals surface area contributed by atoms with E-state index in [1.54, 1.807) is 0 Å². The number of hydrogen-bond donors (Lipinski definition) is 1. The Kier molecular flexibility index (Phi) is 5.07. The van der Waals surface area contributed by atoms with Crippen LogP contribution in [0, 0.1) is 11.8 Å². The fourth-order valence-corrected chi connectivity index (χ4v) is 2.62. The molecule has 0 spiro atoms. The third kappa shape index (κ3) is 4.12. The summed E-state index contributed by atoms with van der Waals surface area (Å²) < 4.78 is 0. The molecule has 90 valence electrons. The molecule has 0 aromatic rings. The lowest BCUT2D eigenvalue weighted by atomic mass is 9.86. The van der Waals surface area contributed by atoms with E-state index in [0.29, 0.717) is 6.04 Å². The normalized spacial score (nSPS) is 33.6. The quantitative estimate of drug-likeness (QED) is 0.769. The number of nitrogens with one attached hydrogen (secondary N) is 1. The second kappa shape index (κ2) is 5.86. The van der Waals surface area contributed by atoms with Crippen molar-refractivity contribution in [2.75, 3.05) is 19.6 Å². The van der Waals surface area contributed by atoms with Gasteiger partial charge in [-0.05, 0) is 25.2 Å². The van der Waals surface area contributed by atoms with E-state index in [2.05, 4.69) is 44.8 Å². The van der Waals surface area contributed by atoms with Crippen LogP contribution < -0.4 is 5.32 Å². The Labute approximate surface area is 95.4 Å². The van der Waals surface area contributed by atoms with Gasteiger partial charge in [0.1, 0.15) is 0 Å². The van der Waals surface area contributed by atoms with Gasteiger partial charge in [-0.15, -0.1) is 0 Å². The van der Waals surface area contributed by atoms with Gasteiger partial charge in [0.2, 0.25) is 0 Å². The van der Waals surface area contributed by atoms with Gasteiger partial charge in [0.05, 0.1) is 0 Å². The lowest BCUT2D eigenvalue weighted by molar-refractivity contribution is 0.0803. The van der Waals surface area contributed by atoms with Crippen molar-refractivity contribution in [3.05, 3.63) is 0 Å². The summed E-state index contributed by atoms with van der Waals surface area (Å²) >= 11 is 0. The number of likely N-dealkylation sites (tertiary alicyclic amines) is 1. The highest BCUT2D eigenvalue weighted by atomic mass is 15.2. The number of nitrogens with zero attached hydrogens (tertiary/aromatic N) is 1. The van der Waals surface area contributed by atoms with Crippen molar-refractivity contribution in [1.29, 1.82) is 0 Å². The Bertz CT molecular complexity index is 179. The van der Waals surface area contributed by atoms with Crippen molar-refractivity contribution < 1.29 is 0 Å². The topological polar surface area (TPSA) is 15.3 Å². The molecule has 1 saturated heterocycles. The van der Waals surface area contributed by atoms with Crippen LogP contribution in [-0.2, 0) is 0 Å². The predicted octanol–water partition coefficient (Wildman–Crippen LogP) is 2.35. The molecule has 0 aliphatic carbocycles. The Morgan fingerprint density at radius 2 is 1.93 bits per heavy atom. The summed E-state index contributed by atoms with van der Waals surface area (Å²) in [5.41, 5.74) is 0. The molecule has 0 amide bonds. The van der Waals surface area contributed by atoms with Gasteiger partial charge in [-0.3, -0.25) is 4.90 Å². The monoisotopic (exact) mass is 212 g/mol. The van der Waals surface area contributed by atoms with Gasteiger partial charge < -0.3 is 5.32 Å². The average Bonchev–Trinajstić information content (AvgIpc) is 2.12. The molecule has 2 heteroatoms. The molecule has 2 nitrogen and oxygen atoms in total. The van der Waals surface area contributed by atoms with Gasteiger partial charge in [0, 0.05) is 31.7 Å². The van der Waals surface area contributed by atoms with Crippen LogP contribution in [0.25, 0.3) is 0 Å². The number of rotatable bonds is 4. The first kappa shape index (κ1) is 13.0. The maximum absolute atomic E-state index is 3.50. The summed E-state index contributed by atoms with van der Waals surface area (Å²) in [4.78, 5) is 2.65. The van der Waals surface area contributed by atoms with E-state index in [4.69, 9.17) is 0 Å². The van der Waals surface area contributed by atoms with Crippen LogP contribution in [0.5, 0.6) is 0 Å². The molecule has 0 saturated carbocycles. The van der Waals surface area contributed by atoms with Crippen molar-refractivity contribution in [3.63, 3.8) is 0 Å². The molecule has 0 bridgehead atoms. The molecule has 3 unspecified atom stereocenters. The van der Waals surface area contributed by atoms with Crippen LogP contribution >= 0.6 is 0 Å². The Morgan fingerprint density at radius 3 is 2.53 bits per heavy atom. The van der Waals surface area contributed by atoms with Gasteiger partial charge in [0.25, 0.3) is 0 Å². The first-order valence-corrected chi connectivity index (χ1v) is 6.48. The minimum absolute atomic E-state index is 0.611. The van der Waals surface area contributed by atoms with Gasteiger partial charge in [0.15, 0.2) is 0 Å². The summed E-state index contributed by atoms with van der Waals surface area (Å²) in [6.07, 6.45) is 1.40. The maximum Gasteiger partial charge on any atom is 0.0110 e. The van der Waals surface area contributed by atoms with Crippen molar-refractivity contribution in [2.45, 2.75) is 53.1 Å². The lowest BCUT2D eigenvalue weighted by Gasteiger charge is -2.41. The van der Waals surface area contributed by atoms with E-state index in [0.717, 1.165) is 24.4 Å². The summed E-state index contributed by atoms with van der Waals surface area (Å²) in [5.74, 6) is 1.73. The van der Waals surface area contributed by atoms with Crippen molar-refractivity contribution >= 4 is 0 Å². The Hall–Kier alpha value is -0.0800. The molecule has 3 atom stereocenters. The zero-order valence-electron chi connectivity index (χ0n) is 11.1. The molecule has 1 N–H and O–H groups in total. The highest BCUT2D eigenvalue weighted by molar-refractivity contribution is 4.82. The molecule has 1 aliphatic heterocycles. The predicted molar refractivity (Wildman–Crippen MR) is 67.1 cm³/mol. The lowest BCUT2D eigenvalue weighted by Crippen LogP contribution is -2.48. The van der Waals surface area contributed by atoms with E-state index in [-0.39, 0.29) is 0 Å². The van der Waals surface area contributed by atoms with E-state index in [1.807, 2.05) is 0 Å². The van der Waals surface area contributed by atoms with Crippen molar-refractivity contribution in [3.8, 4) is 0 Å². The summed E-state index contributed by atoms with van der Waals surface area (Å²) in [7, 11) is 0. The van der Waals surface area contributed by atoms with Crippen molar-refractivity contribution in [2.24, 2.45) is 11.8 Å². The summed E-state index contributed by atoms with van der Waals surface area (Å²) in [5, 5.41) is 3.50. The molecule has 1 heterocycles.